The van der Waals surface area contributed by atoms with Crippen LogP contribution in [0.25, 0.3) is 0 Å². The number of piperidine rings is 1. The Morgan fingerprint density at radius 2 is 2.31 bits per heavy atom. The predicted molar refractivity (Wildman–Crippen MR) is 54.8 cm³/mol. The number of methoxy groups -OCH3 is 1. The third-order valence-corrected chi connectivity index (χ3v) is 2.61. The molecule has 0 spiro atoms. The third-order valence-electron chi connectivity index (χ3n) is 2.61. The van der Waals surface area contributed by atoms with Crippen LogP contribution in [-0.2, 0) is 4.74 Å². The van der Waals surface area contributed by atoms with Crippen molar-refractivity contribution in [2.45, 2.75) is 31.7 Å². The summed E-state index contributed by atoms with van der Waals surface area (Å²) in [7, 11) is 1.76. The van der Waals surface area contributed by atoms with E-state index >= 15 is 0 Å². The molecule has 1 atom stereocenters. The van der Waals surface area contributed by atoms with E-state index in [0.29, 0.717) is 6.04 Å². The molecular weight excluding hydrogens is 164 g/mol. The maximum Gasteiger partial charge on any atom is 0.0462 e. The summed E-state index contributed by atoms with van der Waals surface area (Å²) < 4.78 is 5.01. The largest absolute Gasteiger partial charge is 0.385 e. The lowest BCUT2D eigenvalue weighted by atomic mass is 10.1. The minimum atomic E-state index is 0.413. The highest BCUT2D eigenvalue weighted by Gasteiger charge is 2.15. The fraction of sp³-hybridized carbons (Fsp3) is 1.00. The van der Waals surface area contributed by atoms with Crippen LogP contribution in [0, 0.1) is 0 Å². The van der Waals surface area contributed by atoms with Gasteiger partial charge in [-0.15, -0.1) is 0 Å². The summed E-state index contributed by atoms with van der Waals surface area (Å²) in [5, 5.41) is 0. The van der Waals surface area contributed by atoms with Crippen LogP contribution in [0.4, 0.5) is 0 Å². The molecule has 1 aliphatic heterocycles. The number of nitrogens with zero attached hydrogens (tertiary/aromatic N) is 1. The van der Waals surface area contributed by atoms with Crippen LogP contribution in [0.15, 0.2) is 0 Å². The normalized spacial score (nSPS) is 24.9. The third kappa shape index (κ3) is 4.60. The molecule has 2 N–H and O–H groups in total. The summed E-state index contributed by atoms with van der Waals surface area (Å²) in [6.07, 6.45) is 4.88. The van der Waals surface area contributed by atoms with Crippen molar-refractivity contribution < 1.29 is 4.74 Å². The van der Waals surface area contributed by atoms with Crippen LogP contribution < -0.4 is 5.73 Å². The van der Waals surface area contributed by atoms with Crippen LogP contribution in [0.2, 0.25) is 0 Å². The van der Waals surface area contributed by atoms with E-state index in [1.165, 1.54) is 38.8 Å². The summed E-state index contributed by atoms with van der Waals surface area (Å²) in [5.41, 5.74) is 5.89. The van der Waals surface area contributed by atoms with Crippen molar-refractivity contribution in [3.63, 3.8) is 0 Å². The van der Waals surface area contributed by atoms with Crippen molar-refractivity contribution in [2.24, 2.45) is 5.73 Å². The molecule has 0 aliphatic carbocycles. The molecule has 3 nitrogen and oxygen atoms in total. The van der Waals surface area contributed by atoms with Crippen molar-refractivity contribution in [2.75, 3.05) is 33.4 Å². The number of unbranched alkanes of at least 4 members (excludes halogenated alkanes) is 1. The van der Waals surface area contributed by atoms with Gasteiger partial charge in [0.25, 0.3) is 0 Å². The zero-order valence-corrected chi connectivity index (χ0v) is 8.67. The molecule has 3 heteroatoms. The summed E-state index contributed by atoms with van der Waals surface area (Å²) in [6.45, 7) is 4.41. The van der Waals surface area contributed by atoms with Gasteiger partial charge >= 0.3 is 0 Å². The van der Waals surface area contributed by atoms with Crippen molar-refractivity contribution in [1.29, 1.82) is 0 Å². The molecule has 0 bridgehead atoms. The quantitative estimate of drug-likeness (QED) is 0.647. The molecule has 1 rings (SSSR count). The van der Waals surface area contributed by atoms with Gasteiger partial charge in [0.1, 0.15) is 0 Å². The van der Waals surface area contributed by atoms with Gasteiger partial charge in [0.05, 0.1) is 0 Å². The SMILES string of the molecule is COCCCCN1CCCC(N)C1. The summed E-state index contributed by atoms with van der Waals surface area (Å²) in [6, 6.07) is 0.413. The number of hydrogen-bond donors (Lipinski definition) is 1. The van der Waals surface area contributed by atoms with Gasteiger partial charge in [0, 0.05) is 26.3 Å². The highest BCUT2D eigenvalue weighted by molar-refractivity contribution is 4.74. The van der Waals surface area contributed by atoms with E-state index in [0.717, 1.165) is 13.2 Å². The van der Waals surface area contributed by atoms with Gasteiger partial charge in [0.2, 0.25) is 0 Å². The van der Waals surface area contributed by atoms with E-state index in [9.17, 15) is 0 Å². The second-order valence-corrected chi connectivity index (χ2v) is 3.90. The Bertz CT molecular complexity index is 130. The zero-order chi connectivity index (χ0) is 9.52. The molecule has 13 heavy (non-hydrogen) atoms. The zero-order valence-electron chi connectivity index (χ0n) is 8.67. The average molecular weight is 186 g/mol. The Morgan fingerprint density at radius 1 is 1.46 bits per heavy atom. The van der Waals surface area contributed by atoms with Crippen LogP contribution >= 0.6 is 0 Å². The van der Waals surface area contributed by atoms with Gasteiger partial charge in [-0.05, 0) is 38.8 Å². The Kier molecular flexibility index (Phi) is 5.35. The van der Waals surface area contributed by atoms with Crippen LogP contribution in [0.5, 0.6) is 0 Å². The number of ether oxygens (including phenoxy) is 1. The average Bonchev–Trinajstić information content (AvgIpc) is 2.13. The van der Waals surface area contributed by atoms with E-state index in [-0.39, 0.29) is 0 Å². The molecular formula is C10H22N2O. The van der Waals surface area contributed by atoms with E-state index in [1.807, 2.05) is 0 Å². The lowest BCUT2D eigenvalue weighted by Gasteiger charge is -2.30. The molecule has 1 saturated heterocycles. The lowest BCUT2D eigenvalue weighted by Crippen LogP contribution is -2.43. The van der Waals surface area contributed by atoms with Gasteiger partial charge in [0.15, 0.2) is 0 Å². The molecule has 1 heterocycles. The molecule has 1 fully saturated rings. The van der Waals surface area contributed by atoms with Gasteiger partial charge in [-0.2, -0.15) is 0 Å². The first-order chi connectivity index (χ1) is 6.33. The minimum absolute atomic E-state index is 0.413. The second kappa shape index (κ2) is 6.35. The first kappa shape index (κ1) is 11.0. The maximum atomic E-state index is 5.89. The molecule has 78 valence electrons. The molecule has 0 saturated carbocycles. The van der Waals surface area contributed by atoms with E-state index < -0.39 is 0 Å². The van der Waals surface area contributed by atoms with Gasteiger partial charge in [-0.1, -0.05) is 0 Å². The number of hydrogen-bond acceptors (Lipinski definition) is 3. The first-order valence-electron chi connectivity index (χ1n) is 5.30. The maximum absolute atomic E-state index is 5.89. The molecule has 0 aromatic carbocycles. The van der Waals surface area contributed by atoms with Crippen molar-refractivity contribution in [1.82, 2.24) is 4.90 Å². The summed E-state index contributed by atoms with van der Waals surface area (Å²) in [4.78, 5) is 2.48. The van der Waals surface area contributed by atoms with Crippen molar-refractivity contribution >= 4 is 0 Å². The molecule has 1 aliphatic rings. The van der Waals surface area contributed by atoms with E-state index in [1.54, 1.807) is 7.11 Å². The molecule has 0 aromatic rings. The summed E-state index contributed by atoms with van der Waals surface area (Å²) in [5.74, 6) is 0. The number of nitrogens with two attached hydrogens (primary N) is 1. The van der Waals surface area contributed by atoms with Crippen LogP contribution in [0.3, 0.4) is 0 Å². The highest BCUT2D eigenvalue weighted by Crippen LogP contribution is 2.08. The van der Waals surface area contributed by atoms with Crippen LogP contribution in [-0.4, -0.2) is 44.3 Å². The van der Waals surface area contributed by atoms with E-state index in [4.69, 9.17) is 10.5 Å². The first-order valence-corrected chi connectivity index (χ1v) is 5.30. The fourth-order valence-electron chi connectivity index (χ4n) is 1.88. The Hall–Kier alpha value is -0.120. The smallest absolute Gasteiger partial charge is 0.0462 e. The molecule has 0 radical (unpaired) electrons. The van der Waals surface area contributed by atoms with Crippen molar-refractivity contribution in [3.8, 4) is 0 Å². The fourth-order valence-corrected chi connectivity index (χ4v) is 1.88. The number of likely N-dealkylation sites (tertiary alicyclic amines) is 1. The molecule has 0 aromatic heterocycles. The highest BCUT2D eigenvalue weighted by atomic mass is 16.5. The summed E-state index contributed by atoms with van der Waals surface area (Å²) >= 11 is 0. The standard InChI is InChI=1S/C10H22N2O/c1-13-8-3-2-6-12-7-4-5-10(11)9-12/h10H,2-9,11H2,1H3. The van der Waals surface area contributed by atoms with Gasteiger partial charge < -0.3 is 15.4 Å². The predicted octanol–water partition coefficient (Wildman–Crippen LogP) is 0.836. The monoisotopic (exact) mass is 186 g/mol. The lowest BCUT2D eigenvalue weighted by molar-refractivity contribution is 0.172. The Labute approximate surface area is 81.2 Å². The minimum Gasteiger partial charge on any atom is -0.385 e. The molecule has 0 amide bonds. The molecule has 1 unspecified atom stereocenters. The van der Waals surface area contributed by atoms with Gasteiger partial charge in [-0.3, -0.25) is 0 Å². The van der Waals surface area contributed by atoms with E-state index in [2.05, 4.69) is 4.90 Å². The Balaban J connectivity index is 2.00. The Morgan fingerprint density at radius 3 is 3.00 bits per heavy atom. The van der Waals surface area contributed by atoms with Gasteiger partial charge in [-0.25, -0.2) is 0 Å². The second-order valence-electron chi connectivity index (χ2n) is 3.90. The topological polar surface area (TPSA) is 38.5 Å². The van der Waals surface area contributed by atoms with Crippen molar-refractivity contribution in [3.05, 3.63) is 0 Å². The number of rotatable bonds is 5. The van der Waals surface area contributed by atoms with Crippen LogP contribution in [0.1, 0.15) is 25.7 Å².